The van der Waals surface area contributed by atoms with Crippen LogP contribution in [-0.4, -0.2) is 5.91 Å². The predicted molar refractivity (Wildman–Crippen MR) is 119 cm³/mol. The first-order valence-corrected chi connectivity index (χ1v) is 10.6. The van der Waals surface area contributed by atoms with E-state index in [2.05, 4.69) is 18.3 Å². The maximum Gasteiger partial charge on any atom is 0.257 e. The summed E-state index contributed by atoms with van der Waals surface area (Å²) in [5.41, 5.74) is 15.6. The molecule has 2 aromatic carbocycles. The van der Waals surface area contributed by atoms with Gasteiger partial charge in [0.25, 0.3) is 5.91 Å². The van der Waals surface area contributed by atoms with Gasteiger partial charge in [-0.25, -0.2) is 0 Å². The van der Waals surface area contributed by atoms with Crippen molar-refractivity contribution in [3.63, 3.8) is 0 Å². The van der Waals surface area contributed by atoms with E-state index in [0.717, 1.165) is 5.92 Å². The molecule has 0 unspecified atom stereocenters. The zero-order valence-corrected chi connectivity index (χ0v) is 16.9. The van der Waals surface area contributed by atoms with Crippen molar-refractivity contribution < 1.29 is 4.79 Å². The van der Waals surface area contributed by atoms with Crippen molar-refractivity contribution in [3.8, 4) is 0 Å². The van der Waals surface area contributed by atoms with Crippen LogP contribution in [0.2, 0.25) is 0 Å². The Morgan fingerprint density at radius 3 is 2.36 bits per heavy atom. The van der Waals surface area contributed by atoms with Gasteiger partial charge in [-0.1, -0.05) is 38.7 Å². The Hall–Kier alpha value is -2.49. The molecule has 4 nitrogen and oxygen atoms in total. The highest BCUT2D eigenvalue weighted by Crippen LogP contribution is 2.38. The Balaban J connectivity index is 1.58. The molecule has 1 fully saturated rings. The molecular weight excluding hydrogens is 346 g/mol. The number of carbonyl (C=O) groups is 1. The highest BCUT2D eigenvalue weighted by atomic mass is 16.1. The predicted octanol–water partition coefficient (Wildman–Crippen LogP) is 5.96. The molecule has 0 heterocycles. The molecule has 1 saturated carbocycles. The van der Waals surface area contributed by atoms with Gasteiger partial charge in [-0.3, -0.25) is 4.79 Å². The van der Waals surface area contributed by atoms with Crippen molar-refractivity contribution in [1.29, 1.82) is 0 Å². The summed E-state index contributed by atoms with van der Waals surface area (Å²) in [5.74, 6) is 1.28. The van der Waals surface area contributed by atoms with Crippen LogP contribution in [0.15, 0.2) is 42.5 Å². The third-order valence-corrected chi connectivity index (χ3v) is 6.02. The molecule has 5 N–H and O–H groups in total. The normalized spacial score (nSPS) is 19.3. The zero-order chi connectivity index (χ0) is 19.9. The molecule has 0 aromatic heterocycles. The molecule has 0 bridgehead atoms. The number of nitrogen functional groups attached to an aromatic ring is 2. The van der Waals surface area contributed by atoms with Crippen molar-refractivity contribution in [3.05, 3.63) is 53.6 Å². The molecular formula is C24H33N3O. The van der Waals surface area contributed by atoms with Gasteiger partial charge >= 0.3 is 0 Å². The minimum Gasteiger partial charge on any atom is -0.399 e. The van der Waals surface area contributed by atoms with E-state index in [4.69, 9.17) is 11.5 Å². The molecule has 2 aromatic rings. The highest BCUT2D eigenvalue weighted by molar-refractivity contribution is 6.07. The van der Waals surface area contributed by atoms with E-state index >= 15 is 0 Å². The molecule has 0 aliphatic heterocycles. The van der Waals surface area contributed by atoms with Crippen molar-refractivity contribution in [2.45, 2.75) is 64.2 Å². The van der Waals surface area contributed by atoms with Crippen molar-refractivity contribution in [2.24, 2.45) is 5.92 Å². The number of hydrogen-bond donors (Lipinski definition) is 3. The number of nitrogens with two attached hydrogens (primary N) is 2. The molecule has 1 aliphatic carbocycles. The lowest BCUT2D eigenvalue weighted by atomic mass is 9.77. The van der Waals surface area contributed by atoms with Gasteiger partial charge < -0.3 is 16.8 Å². The number of hydrogen-bond acceptors (Lipinski definition) is 3. The van der Waals surface area contributed by atoms with Gasteiger partial charge in [-0.15, -0.1) is 0 Å². The lowest BCUT2D eigenvalue weighted by molar-refractivity contribution is 0.102. The maximum absolute atomic E-state index is 12.6. The summed E-state index contributed by atoms with van der Waals surface area (Å²) in [6.45, 7) is 2.26. The Kier molecular flexibility index (Phi) is 6.96. The Labute approximate surface area is 168 Å². The lowest BCUT2D eigenvalue weighted by Crippen LogP contribution is -2.16. The van der Waals surface area contributed by atoms with E-state index in [9.17, 15) is 4.79 Å². The number of amides is 1. The molecule has 150 valence electrons. The second-order valence-electron chi connectivity index (χ2n) is 8.14. The van der Waals surface area contributed by atoms with E-state index in [0.29, 0.717) is 28.5 Å². The first kappa shape index (κ1) is 20.2. The molecule has 0 radical (unpaired) electrons. The third-order valence-electron chi connectivity index (χ3n) is 6.02. The van der Waals surface area contributed by atoms with Crippen LogP contribution in [0.25, 0.3) is 0 Å². The van der Waals surface area contributed by atoms with E-state index in [1.54, 1.807) is 24.3 Å². The molecule has 0 spiro atoms. The molecule has 1 amide bonds. The van der Waals surface area contributed by atoms with Crippen LogP contribution in [0.5, 0.6) is 0 Å². The minimum atomic E-state index is -0.187. The minimum absolute atomic E-state index is 0.187. The number of unbranched alkanes of at least 4 members (excludes halogenated alkanes) is 2. The quantitative estimate of drug-likeness (QED) is 0.410. The lowest BCUT2D eigenvalue weighted by Gasteiger charge is -2.29. The molecule has 28 heavy (non-hydrogen) atoms. The van der Waals surface area contributed by atoms with Crippen LogP contribution in [-0.2, 0) is 0 Å². The monoisotopic (exact) mass is 379 g/mol. The van der Waals surface area contributed by atoms with Gasteiger partial charge in [0.2, 0.25) is 0 Å². The highest BCUT2D eigenvalue weighted by Gasteiger charge is 2.23. The van der Waals surface area contributed by atoms with Gasteiger partial charge in [0.15, 0.2) is 0 Å². The fourth-order valence-corrected chi connectivity index (χ4v) is 4.27. The van der Waals surface area contributed by atoms with Crippen molar-refractivity contribution in [2.75, 3.05) is 16.8 Å². The van der Waals surface area contributed by atoms with Gasteiger partial charge in [0, 0.05) is 17.1 Å². The summed E-state index contributed by atoms with van der Waals surface area (Å²) in [6, 6.07) is 13.1. The molecule has 0 atom stereocenters. The third kappa shape index (κ3) is 5.28. The summed E-state index contributed by atoms with van der Waals surface area (Å²) < 4.78 is 0. The van der Waals surface area contributed by atoms with Crippen LogP contribution >= 0.6 is 0 Å². The van der Waals surface area contributed by atoms with E-state index < -0.39 is 0 Å². The number of rotatable bonds is 7. The van der Waals surface area contributed by atoms with Crippen LogP contribution in [0.3, 0.4) is 0 Å². The second kappa shape index (κ2) is 9.63. The summed E-state index contributed by atoms with van der Waals surface area (Å²) in [6.07, 6.45) is 10.5. The average Bonchev–Trinajstić information content (AvgIpc) is 2.70. The average molecular weight is 380 g/mol. The van der Waals surface area contributed by atoms with E-state index in [-0.39, 0.29) is 5.91 Å². The van der Waals surface area contributed by atoms with Crippen LogP contribution in [0.4, 0.5) is 17.1 Å². The Bertz CT molecular complexity index is 777. The van der Waals surface area contributed by atoms with E-state index in [1.807, 2.05) is 12.1 Å². The Morgan fingerprint density at radius 2 is 1.71 bits per heavy atom. The van der Waals surface area contributed by atoms with E-state index in [1.165, 1.54) is 56.9 Å². The van der Waals surface area contributed by atoms with Crippen molar-refractivity contribution in [1.82, 2.24) is 0 Å². The fourth-order valence-electron chi connectivity index (χ4n) is 4.27. The fraction of sp³-hybridized carbons (Fsp3) is 0.458. The number of nitrogens with one attached hydrogen (secondary N) is 1. The van der Waals surface area contributed by atoms with Gasteiger partial charge in [-0.2, -0.15) is 0 Å². The smallest absolute Gasteiger partial charge is 0.257 e. The summed E-state index contributed by atoms with van der Waals surface area (Å²) in [4.78, 5) is 12.6. The largest absolute Gasteiger partial charge is 0.399 e. The number of carbonyl (C=O) groups excluding carboxylic acids is 1. The maximum atomic E-state index is 12.6. The SMILES string of the molecule is CCCCCC1CCC(c2ccc(C(=O)Nc3ccc(N)cc3)c(N)c2)CC1. The number of anilines is 3. The topological polar surface area (TPSA) is 81.1 Å². The Morgan fingerprint density at radius 1 is 1.00 bits per heavy atom. The summed E-state index contributed by atoms with van der Waals surface area (Å²) in [5, 5.41) is 2.88. The van der Waals surface area contributed by atoms with Gasteiger partial charge in [-0.05, 0) is 79.5 Å². The van der Waals surface area contributed by atoms with Gasteiger partial charge in [0.05, 0.1) is 5.56 Å². The second-order valence-corrected chi connectivity index (χ2v) is 8.14. The summed E-state index contributed by atoms with van der Waals surface area (Å²) >= 11 is 0. The number of benzene rings is 2. The molecule has 4 heteroatoms. The molecule has 3 rings (SSSR count). The van der Waals surface area contributed by atoms with Gasteiger partial charge in [0.1, 0.15) is 0 Å². The first-order valence-electron chi connectivity index (χ1n) is 10.6. The van der Waals surface area contributed by atoms with Crippen LogP contribution in [0, 0.1) is 5.92 Å². The molecule has 0 saturated heterocycles. The summed E-state index contributed by atoms with van der Waals surface area (Å²) in [7, 11) is 0. The van der Waals surface area contributed by atoms with Crippen LogP contribution < -0.4 is 16.8 Å². The van der Waals surface area contributed by atoms with Crippen LogP contribution in [0.1, 0.15) is 80.1 Å². The standard InChI is InChI=1S/C24H33N3O/c1-2-3-4-5-17-6-8-18(9-7-17)19-10-15-22(23(26)16-19)24(28)27-21-13-11-20(25)12-14-21/h10-18H,2-9,25-26H2,1H3,(H,27,28). The first-order chi connectivity index (χ1) is 13.6. The zero-order valence-electron chi connectivity index (χ0n) is 16.9. The van der Waals surface area contributed by atoms with Crippen molar-refractivity contribution >= 4 is 23.0 Å². The molecule has 1 aliphatic rings.